The molecule has 1 heterocycles. The van der Waals surface area contributed by atoms with Crippen molar-refractivity contribution in [2.45, 2.75) is 25.7 Å². The van der Waals surface area contributed by atoms with E-state index in [4.69, 9.17) is 5.11 Å². The van der Waals surface area contributed by atoms with Crippen molar-refractivity contribution >= 4 is 23.5 Å². The molecule has 1 aromatic rings. The van der Waals surface area contributed by atoms with E-state index in [2.05, 4.69) is 5.32 Å². The predicted octanol–water partition coefficient (Wildman–Crippen LogP) is 1.97. The van der Waals surface area contributed by atoms with Gasteiger partial charge in [0.25, 0.3) is 5.91 Å². The summed E-state index contributed by atoms with van der Waals surface area (Å²) < 4.78 is 0. The van der Waals surface area contributed by atoms with Crippen LogP contribution in [0.1, 0.15) is 36.0 Å². The van der Waals surface area contributed by atoms with Crippen LogP contribution in [0.4, 0.5) is 5.69 Å². The summed E-state index contributed by atoms with van der Waals surface area (Å²) in [6, 6.07) is 6.91. The van der Waals surface area contributed by atoms with E-state index in [0.29, 0.717) is 24.1 Å². The third-order valence-corrected chi connectivity index (χ3v) is 4.74. The van der Waals surface area contributed by atoms with Crippen molar-refractivity contribution in [1.29, 1.82) is 0 Å². The molecule has 122 valence electrons. The lowest BCUT2D eigenvalue weighted by Gasteiger charge is -2.32. The second kappa shape index (κ2) is 6.40. The highest BCUT2D eigenvalue weighted by Gasteiger charge is 2.41. The lowest BCUT2D eigenvalue weighted by Crippen LogP contribution is -2.41. The highest BCUT2D eigenvalue weighted by molar-refractivity contribution is 6.05. The van der Waals surface area contributed by atoms with E-state index in [1.807, 2.05) is 0 Å². The van der Waals surface area contributed by atoms with Gasteiger partial charge in [-0.2, -0.15) is 0 Å². The molecule has 6 heteroatoms. The maximum absolute atomic E-state index is 12.6. The minimum atomic E-state index is -0.933. The minimum Gasteiger partial charge on any atom is -0.481 e. The number of anilines is 1. The van der Waals surface area contributed by atoms with Crippen molar-refractivity contribution in [2.75, 3.05) is 18.4 Å². The Morgan fingerprint density at radius 2 is 1.70 bits per heavy atom. The first-order valence-corrected chi connectivity index (χ1v) is 8.00. The number of amides is 2. The number of aliphatic carboxylic acids is 1. The fourth-order valence-corrected chi connectivity index (χ4v) is 3.20. The van der Waals surface area contributed by atoms with Crippen molar-refractivity contribution in [3.05, 3.63) is 29.8 Å². The number of rotatable bonds is 4. The summed E-state index contributed by atoms with van der Waals surface area (Å²) >= 11 is 0. The number of nitrogens with one attached hydrogen (secondary N) is 1. The number of carbonyl (C=O) groups excluding carboxylic acids is 2. The van der Waals surface area contributed by atoms with Gasteiger partial charge >= 0.3 is 5.97 Å². The first-order valence-electron chi connectivity index (χ1n) is 8.00. The van der Waals surface area contributed by atoms with E-state index in [-0.39, 0.29) is 11.8 Å². The third kappa shape index (κ3) is 3.06. The molecule has 2 atom stereocenters. The predicted molar refractivity (Wildman–Crippen MR) is 84.1 cm³/mol. The Balaban J connectivity index is 1.74. The van der Waals surface area contributed by atoms with Gasteiger partial charge in [-0.1, -0.05) is 12.1 Å². The molecular weight excluding hydrogens is 296 g/mol. The average molecular weight is 316 g/mol. The van der Waals surface area contributed by atoms with Crippen molar-refractivity contribution in [3.63, 3.8) is 0 Å². The van der Waals surface area contributed by atoms with Gasteiger partial charge in [-0.25, -0.2) is 0 Å². The van der Waals surface area contributed by atoms with E-state index in [0.717, 1.165) is 25.9 Å². The molecule has 2 N–H and O–H groups in total. The maximum Gasteiger partial charge on any atom is 0.307 e. The third-order valence-electron chi connectivity index (χ3n) is 4.74. The standard InChI is InChI=1S/C17H20N2O4/c20-15(11-7-8-12(11)17(22)23)18-14-6-2-1-5-13(14)16(21)19-9-3-4-10-19/h1-2,5-6,11-12H,3-4,7-10H2,(H,18,20)(H,22,23). The largest absolute Gasteiger partial charge is 0.481 e. The van der Waals surface area contributed by atoms with E-state index < -0.39 is 17.8 Å². The molecule has 0 spiro atoms. The van der Waals surface area contributed by atoms with Crippen LogP contribution in [0.25, 0.3) is 0 Å². The van der Waals surface area contributed by atoms with E-state index in [1.54, 1.807) is 29.2 Å². The summed E-state index contributed by atoms with van der Waals surface area (Å²) in [4.78, 5) is 37.7. The van der Waals surface area contributed by atoms with Crippen LogP contribution in [0.5, 0.6) is 0 Å². The van der Waals surface area contributed by atoms with Gasteiger partial charge in [0.15, 0.2) is 0 Å². The Kier molecular flexibility index (Phi) is 4.32. The smallest absolute Gasteiger partial charge is 0.307 e. The molecule has 0 radical (unpaired) electrons. The molecule has 2 fully saturated rings. The average Bonchev–Trinajstić information content (AvgIpc) is 2.99. The molecule has 1 aliphatic heterocycles. The van der Waals surface area contributed by atoms with Crippen molar-refractivity contribution in [1.82, 2.24) is 4.90 Å². The fraction of sp³-hybridized carbons (Fsp3) is 0.471. The van der Waals surface area contributed by atoms with Crippen molar-refractivity contribution < 1.29 is 19.5 Å². The van der Waals surface area contributed by atoms with Gasteiger partial charge in [-0.05, 0) is 37.8 Å². The van der Waals surface area contributed by atoms with Crippen LogP contribution in [0.2, 0.25) is 0 Å². The number of carboxylic acid groups (broad SMARTS) is 1. The zero-order chi connectivity index (χ0) is 16.4. The Morgan fingerprint density at radius 3 is 2.30 bits per heavy atom. The first-order chi connectivity index (χ1) is 11.1. The maximum atomic E-state index is 12.6. The summed E-state index contributed by atoms with van der Waals surface area (Å²) in [7, 11) is 0. The summed E-state index contributed by atoms with van der Waals surface area (Å²) in [6.45, 7) is 1.48. The second-order valence-electron chi connectivity index (χ2n) is 6.16. The van der Waals surface area contributed by atoms with Crippen LogP contribution in [0.3, 0.4) is 0 Å². The molecule has 1 aliphatic carbocycles. The summed E-state index contributed by atoms with van der Waals surface area (Å²) in [5, 5.41) is 11.8. The quantitative estimate of drug-likeness (QED) is 0.889. The van der Waals surface area contributed by atoms with Gasteiger partial charge < -0.3 is 15.3 Å². The molecule has 0 aromatic heterocycles. The molecular formula is C17H20N2O4. The highest BCUT2D eigenvalue weighted by Crippen LogP contribution is 2.35. The van der Waals surface area contributed by atoms with Gasteiger partial charge in [0, 0.05) is 13.1 Å². The number of nitrogens with zero attached hydrogens (tertiary/aromatic N) is 1. The summed E-state index contributed by atoms with van der Waals surface area (Å²) in [5.41, 5.74) is 0.930. The molecule has 3 rings (SSSR count). The Labute approximate surface area is 134 Å². The molecule has 2 unspecified atom stereocenters. The number of carbonyl (C=O) groups is 3. The Bertz CT molecular complexity index is 637. The molecule has 23 heavy (non-hydrogen) atoms. The number of para-hydroxylation sites is 1. The van der Waals surface area contributed by atoms with Gasteiger partial charge in [0.05, 0.1) is 23.1 Å². The topological polar surface area (TPSA) is 86.7 Å². The highest BCUT2D eigenvalue weighted by atomic mass is 16.4. The van der Waals surface area contributed by atoms with Gasteiger partial charge in [0.1, 0.15) is 0 Å². The minimum absolute atomic E-state index is 0.0817. The van der Waals surface area contributed by atoms with Crippen LogP contribution < -0.4 is 5.32 Å². The van der Waals surface area contributed by atoms with E-state index >= 15 is 0 Å². The van der Waals surface area contributed by atoms with E-state index in [1.165, 1.54) is 0 Å². The van der Waals surface area contributed by atoms with Crippen LogP contribution >= 0.6 is 0 Å². The van der Waals surface area contributed by atoms with Crippen LogP contribution in [0, 0.1) is 11.8 Å². The van der Waals surface area contributed by atoms with Crippen molar-refractivity contribution in [2.24, 2.45) is 11.8 Å². The van der Waals surface area contributed by atoms with Crippen LogP contribution in [0.15, 0.2) is 24.3 Å². The lowest BCUT2D eigenvalue weighted by molar-refractivity contribution is -0.151. The first kappa shape index (κ1) is 15.5. The molecule has 6 nitrogen and oxygen atoms in total. The second-order valence-corrected chi connectivity index (χ2v) is 6.16. The number of carboxylic acids is 1. The van der Waals surface area contributed by atoms with Gasteiger partial charge in [0.2, 0.25) is 5.91 Å². The van der Waals surface area contributed by atoms with Crippen LogP contribution in [-0.2, 0) is 9.59 Å². The lowest BCUT2D eigenvalue weighted by atomic mass is 9.73. The summed E-state index contributed by atoms with van der Waals surface area (Å²) in [5.74, 6) is -2.45. The van der Waals surface area contributed by atoms with Gasteiger partial charge in [-0.15, -0.1) is 0 Å². The number of likely N-dealkylation sites (tertiary alicyclic amines) is 1. The molecule has 1 saturated heterocycles. The molecule has 2 aliphatic rings. The number of hydrogen-bond donors (Lipinski definition) is 2. The van der Waals surface area contributed by atoms with Crippen molar-refractivity contribution in [3.8, 4) is 0 Å². The summed E-state index contributed by atoms with van der Waals surface area (Å²) in [6.07, 6.45) is 3.11. The molecule has 0 bridgehead atoms. The molecule has 2 amide bonds. The van der Waals surface area contributed by atoms with Gasteiger partial charge in [-0.3, -0.25) is 14.4 Å². The molecule has 1 saturated carbocycles. The fourth-order valence-electron chi connectivity index (χ4n) is 3.20. The van der Waals surface area contributed by atoms with E-state index in [9.17, 15) is 14.4 Å². The SMILES string of the molecule is O=C(O)C1CCC1C(=O)Nc1ccccc1C(=O)N1CCCC1. The monoisotopic (exact) mass is 316 g/mol. The number of benzene rings is 1. The Hall–Kier alpha value is -2.37. The number of hydrogen-bond acceptors (Lipinski definition) is 3. The zero-order valence-electron chi connectivity index (χ0n) is 12.8. The Morgan fingerprint density at radius 1 is 1.04 bits per heavy atom. The zero-order valence-corrected chi connectivity index (χ0v) is 12.8. The van der Waals surface area contributed by atoms with Crippen LogP contribution in [-0.4, -0.2) is 40.9 Å². The molecule has 1 aromatic carbocycles. The normalized spacial score (nSPS) is 23.2.